The Morgan fingerprint density at radius 2 is 2.04 bits per heavy atom. The Hall–Kier alpha value is -1.07. The molecule has 0 aromatic carbocycles. The van der Waals surface area contributed by atoms with Crippen molar-refractivity contribution in [1.82, 2.24) is 20.0 Å². The van der Waals surface area contributed by atoms with Crippen molar-refractivity contribution in [3.63, 3.8) is 0 Å². The van der Waals surface area contributed by atoms with Gasteiger partial charge in [-0.2, -0.15) is 5.10 Å². The van der Waals surface area contributed by atoms with Crippen molar-refractivity contribution >= 4 is 17.5 Å². The minimum absolute atomic E-state index is 0.0111. The third kappa shape index (κ3) is 4.95. The molecule has 1 atom stereocenters. The van der Waals surface area contributed by atoms with Gasteiger partial charge in [-0.15, -0.1) is 0 Å². The Balaban J connectivity index is 1.73. The quantitative estimate of drug-likeness (QED) is 0.866. The van der Waals surface area contributed by atoms with Crippen molar-refractivity contribution in [1.29, 1.82) is 0 Å². The first kappa shape index (κ1) is 18.3. The van der Waals surface area contributed by atoms with Gasteiger partial charge in [0.2, 0.25) is 5.91 Å². The van der Waals surface area contributed by atoms with Gasteiger partial charge in [0.05, 0.1) is 22.5 Å². The zero-order chi connectivity index (χ0) is 17.0. The average Bonchev–Trinajstić information content (AvgIpc) is 2.77. The van der Waals surface area contributed by atoms with E-state index in [1.54, 1.807) is 0 Å². The molecule has 1 aromatic heterocycles. The molecule has 0 saturated carbocycles. The highest BCUT2D eigenvalue weighted by Gasteiger charge is 2.18. The lowest BCUT2D eigenvalue weighted by molar-refractivity contribution is -0.121. The molecule has 1 saturated heterocycles. The zero-order valence-corrected chi connectivity index (χ0v) is 15.5. The van der Waals surface area contributed by atoms with Gasteiger partial charge >= 0.3 is 0 Å². The number of carbonyl (C=O) groups is 1. The molecule has 130 valence electrons. The second-order valence-electron chi connectivity index (χ2n) is 6.86. The van der Waals surface area contributed by atoms with Gasteiger partial charge in [0.1, 0.15) is 0 Å². The summed E-state index contributed by atoms with van der Waals surface area (Å²) in [5.41, 5.74) is 1.74. The van der Waals surface area contributed by atoms with Gasteiger partial charge < -0.3 is 10.2 Å². The summed E-state index contributed by atoms with van der Waals surface area (Å²) in [6.45, 7) is 12.1. The predicted octanol–water partition coefficient (Wildman–Crippen LogP) is 2.95. The Kier molecular flexibility index (Phi) is 6.48. The van der Waals surface area contributed by atoms with E-state index in [9.17, 15) is 4.79 Å². The summed E-state index contributed by atoms with van der Waals surface area (Å²) in [6, 6.07) is 0.0111. The lowest BCUT2D eigenvalue weighted by atomic mass is 9.99. The molecule has 1 aliphatic heterocycles. The molecule has 0 radical (unpaired) electrons. The van der Waals surface area contributed by atoms with Crippen molar-refractivity contribution in [2.45, 2.75) is 53.0 Å². The maximum atomic E-state index is 12.1. The van der Waals surface area contributed by atoms with Crippen LogP contribution in [0.3, 0.4) is 0 Å². The van der Waals surface area contributed by atoms with Crippen LogP contribution in [0.15, 0.2) is 0 Å². The molecule has 0 aliphatic carbocycles. The fourth-order valence-corrected chi connectivity index (χ4v) is 3.26. The number of hydrogen-bond acceptors (Lipinski definition) is 3. The summed E-state index contributed by atoms with van der Waals surface area (Å²) in [5, 5.41) is 8.14. The minimum Gasteiger partial charge on any atom is -0.355 e. The van der Waals surface area contributed by atoms with E-state index in [-0.39, 0.29) is 11.9 Å². The number of nitrogens with zero attached hydrogens (tertiary/aromatic N) is 3. The molecule has 2 heterocycles. The standard InChI is InChI=1S/C17H29ClN4O/c1-12-5-8-21(9-6-12)10-7-19-16(23)11-13(2)22-15(4)17(18)14(3)20-22/h12-13H,5-11H2,1-4H3,(H,19,23). The molecule has 1 amide bonds. The van der Waals surface area contributed by atoms with Crippen LogP contribution >= 0.6 is 11.6 Å². The van der Waals surface area contributed by atoms with Crippen LogP contribution in [0.5, 0.6) is 0 Å². The number of aryl methyl sites for hydroxylation is 1. The molecule has 1 N–H and O–H groups in total. The number of aromatic nitrogens is 2. The van der Waals surface area contributed by atoms with Gasteiger partial charge in [-0.1, -0.05) is 18.5 Å². The number of likely N-dealkylation sites (tertiary alicyclic amines) is 1. The van der Waals surface area contributed by atoms with E-state index < -0.39 is 0 Å². The fourth-order valence-electron chi connectivity index (χ4n) is 3.14. The summed E-state index contributed by atoms with van der Waals surface area (Å²) in [4.78, 5) is 14.6. The third-order valence-corrected chi connectivity index (χ3v) is 5.31. The molecule has 2 rings (SSSR count). The van der Waals surface area contributed by atoms with Crippen LogP contribution in [0.25, 0.3) is 0 Å². The Morgan fingerprint density at radius 1 is 1.39 bits per heavy atom. The number of halogens is 1. The first-order chi connectivity index (χ1) is 10.9. The van der Waals surface area contributed by atoms with Crippen LogP contribution in [0.2, 0.25) is 5.02 Å². The Morgan fingerprint density at radius 3 is 2.61 bits per heavy atom. The summed E-state index contributed by atoms with van der Waals surface area (Å²) >= 11 is 6.17. The first-order valence-electron chi connectivity index (χ1n) is 8.58. The van der Waals surface area contributed by atoms with Crippen molar-refractivity contribution in [3.05, 3.63) is 16.4 Å². The molecular formula is C17H29ClN4O. The molecular weight excluding hydrogens is 312 g/mol. The molecule has 0 bridgehead atoms. The molecule has 23 heavy (non-hydrogen) atoms. The van der Waals surface area contributed by atoms with Crippen molar-refractivity contribution < 1.29 is 4.79 Å². The molecule has 1 fully saturated rings. The number of rotatable bonds is 6. The van der Waals surface area contributed by atoms with Gasteiger partial charge in [0, 0.05) is 19.5 Å². The molecule has 1 aliphatic rings. The highest BCUT2D eigenvalue weighted by atomic mass is 35.5. The van der Waals surface area contributed by atoms with Crippen LogP contribution < -0.4 is 5.32 Å². The van der Waals surface area contributed by atoms with Crippen LogP contribution in [0.1, 0.15) is 50.5 Å². The van der Waals surface area contributed by atoms with E-state index in [4.69, 9.17) is 11.6 Å². The van der Waals surface area contributed by atoms with Crippen molar-refractivity contribution in [2.24, 2.45) is 5.92 Å². The summed E-state index contributed by atoms with van der Waals surface area (Å²) in [6.07, 6.45) is 2.96. The number of carbonyl (C=O) groups excluding carboxylic acids is 1. The van der Waals surface area contributed by atoms with E-state index >= 15 is 0 Å². The monoisotopic (exact) mass is 340 g/mol. The van der Waals surface area contributed by atoms with Crippen molar-refractivity contribution in [3.8, 4) is 0 Å². The van der Waals surface area contributed by atoms with Crippen LogP contribution in [0, 0.1) is 19.8 Å². The third-order valence-electron chi connectivity index (χ3n) is 4.76. The second kappa shape index (κ2) is 8.15. The highest BCUT2D eigenvalue weighted by Crippen LogP contribution is 2.23. The average molecular weight is 341 g/mol. The molecule has 1 aromatic rings. The Bertz CT molecular complexity index is 535. The number of hydrogen-bond donors (Lipinski definition) is 1. The van der Waals surface area contributed by atoms with Gasteiger partial charge in [-0.05, 0) is 52.6 Å². The molecule has 1 unspecified atom stereocenters. The number of amides is 1. The van der Waals surface area contributed by atoms with Crippen molar-refractivity contribution in [2.75, 3.05) is 26.2 Å². The largest absolute Gasteiger partial charge is 0.355 e. The van der Waals surface area contributed by atoms with E-state index in [1.807, 2.05) is 25.5 Å². The molecule has 0 spiro atoms. The van der Waals surface area contributed by atoms with E-state index in [0.717, 1.165) is 43.5 Å². The normalized spacial score (nSPS) is 18.1. The van der Waals surface area contributed by atoms with Gasteiger partial charge in [0.25, 0.3) is 0 Å². The van der Waals surface area contributed by atoms with Gasteiger partial charge in [-0.3, -0.25) is 9.48 Å². The number of piperidine rings is 1. The molecule has 5 nitrogen and oxygen atoms in total. The fraction of sp³-hybridized carbons (Fsp3) is 0.765. The zero-order valence-electron chi connectivity index (χ0n) is 14.7. The smallest absolute Gasteiger partial charge is 0.222 e. The lowest BCUT2D eigenvalue weighted by Crippen LogP contribution is -2.39. The highest BCUT2D eigenvalue weighted by molar-refractivity contribution is 6.31. The summed E-state index contributed by atoms with van der Waals surface area (Å²) in [7, 11) is 0. The second-order valence-corrected chi connectivity index (χ2v) is 7.23. The maximum absolute atomic E-state index is 12.1. The topological polar surface area (TPSA) is 50.2 Å². The lowest BCUT2D eigenvalue weighted by Gasteiger charge is -2.30. The van der Waals surface area contributed by atoms with Gasteiger partial charge in [0.15, 0.2) is 0 Å². The SMILES string of the molecule is Cc1nn(C(C)CC(=O)NCCN2CCC(C)CC2)c(C)c1Cl. The van der Waals surface area contributed by atoms with Crippen LogP contribution in [-0.4, -0.2) is 46.8 Å². The van der Waals surface area contributed by atoms with E-state index in [2.05, 4.69) is 22.2 Å². The first-order valence-corrected chi connectivity index (χ1v) is 8.96. The number of nitrogens with one attached hydrogen (secondary N) is 1. The predicted molar refractivity (Wildman–Crippen MR) is 93.9 cm³/mol. The molecule has 6 heteroatoms. The van der Waals surface area contributed by atoms with E-state index in [1.165, 1.54) is 12.8 Å². The van der Waals surface area contributed by atoms with E-state index in [0.29, 0.717) is 11.4 Å². The van der Waals surface area contributed by atoms with Crippen LogP contribution in [-0.2, 0) is 4.79 Å². The van der Waals surface area contributed by atoms with Crippen LogP contribution in [0.4, 0.5) is 0 Å². The van der Waals surface area contributed by atoms with Gasteiger partial charge in [-0.25, -0.2) is 0 Å². The Labute approximate surface area is 144 Å². The summed E-state index contributed by atoms with van der Waals surface area (Å²) < 4.78 is 1.85. The maximum Gasteiger partial charge on any atom is 0.222 e. The minimum atomic E-state index is 0.0111. The summed E-state index contributed by atoms with van der Waals surface area (Å²) in [5.74, 6) is 0.917.